The van der Waals surface area contributed by atoms with Crippen LogP contribution in [0.4, 0.5) is 10.1 Å². The Morgan fingerprint density at radius 1 is 1.00 bits per heavy atom. The predicted molar refractivity (Wildman–Crippen MR) is 130 cm³/mol. The fourth-order valence-corrected chi connectivity index (χ4v) is 4.64. The summed E-state index contributed by atoms with van der Waals surface area (Å²) >= 11 is 1.09. The first-order valence-electron chi connectivity index (χ1n) is 10.3. The van der Waals surface area contributed by atoms with Gasteiger partial charge >= 0.3 is 0 Å². The zero-order chi connectivity index (χ0) is 22.5. The first kappa shape index (κ1) is 19.6. The molecule has 0 amide bonds. The zero-order valence-corrected chi connectivity index (χ0v) is 18.6. The molecule has 0 fully saturated rings. The minimum absolute atomic E-state index is 0.232. The van der Waals surface area contributed by atoms with Crippen molar-refractivity contribution in [1.82, 2.24) is 30.1 Å². The van der Waals surface area contributed by atoms with Gasteiger partial charge in [-0.15, -0.1) is 11.3 Å². The summed E-state index contributed by atoms with van der Waals surface area (Å²) in [4.78, 5) is 19.7. The topological polar surface area (TPSA) is 86.4 Å². The predicted octanol–water partition coefficient (Wildman–Crippen LogP) is 5.50. The van der Waals surface area contributed by atoms with E-state index in [1.807, 2.05) is 49.6 Å². The number of benzene rings is 1. The van der Waals surface area contributed by atoms with Crippen molar-refractivity contribution in [2.45, 2.75) is 0 Å². The van der Waals surface area contributed by atoms with E-state index in [4.69, 9.17) is 4.98 Å². The number of hydrogen-bond acceptors (Lipinski definition) is 6. The average Bonchev–Trinajstić information content (AvgIpc) is 3.55. The molecule has 33 heavy (non-hydrogen) atoms. The molecule has 0 aliphatic heterocycles. The molecule has 5 aromatic heterocycles. The molecule has 6 rings (SSSR count). The Kier molecular flexibility index (Phi) is 4.44. The third-order valence-electron chi connectivity index (χ3n) is 5.58. The Balaban J connectivity index is 1.48. The van der Waals surface area contributed by atoms with Crippen LogP contribution in [0.15, 0.2) is 61.1 Å². The minimum Gasteiger partial charge on any atom is -0.376 e. The quantitative estimate of drug-likeness (QED) is 0.367. The molecule has 5 heterocycles. The van der Waals surface area contributed by atoms with Gasteiger partial charge in [0.2, 0.25) is 0 Å². The van der Waals surface area contributed by atoms with Crippen LogP contribution in [0.25, 0.3) is 55.2 Å². The first-order chi connectivity index (χ1) is 16.1. The molecule has 0 unspecified atom stereocenters. The average molecular weight is 456 g/mol. The molecule has 9 heteroatoms. The smallest absolute Gasteiger partial charge is 0.176 e. The monoisotopic (exact) mass is 455 g/mol. The van der Waals surface area contributed by atoms with Crippen LogP contribution in [-0.2, 0) is 0 Å². The summed E-state index contributed by atoms with van der Waals surface area (Å²) in [5.74, 6) is 0.602. The van der Waals surface area contributed by atoms with Gasteiger partial charge in [-0.2, -0.15) is 9.49 Å². The Morgan fingerprint density at radius 2 is 1.91 bits per heavy atom. The van der Waals surface area contributed by atoms with E-state index >= 15 is 0 Å². The molecule has 0 saturated carbocycles. The number of thiophene rings is 1. The molecule has 0 spiro atoms. The van der Waals surface area contributed by atoms with E-state index in [1.165, 1.54) is 6.07 Å². The summed E-state index contributed by atoms with van der Waals surface area (Å²) in [7, 11) is 3.99. The highest BCUT2D eigenvalue weighted by atomic mass is 32.1. The van der Waals surface area contributed by atoms with Crippen LogP contribution in [0.5, 0.6) is 0 Å². The van der Waals surface area contributed by atoms with Crippen molar-refractivity contribution in [2.75, 3.05) is 19.0 Å². The van der Waals surface area contributed by atoms with Gasteiger partial charge in [0.1, 0.15) is 11.2 Å². The van der Waals surface area contributed by atoms with Gasteiger partial charge in [0.25, 0.3) is 0 Å². The lowest BCUT2D eigenvalue weighted by Gasteiger charge is -2.13. The maximum atomic E-state index is 13.6. The van der Waals surface area contributed by atoms with Gasteiger partial charge in [0.05, 0.1) is 17.4 Å². The fraction of sp³-hybridized carbons (Fsp3) is 0.0833. The normalized spacial score (nSPS) is 11.5. The van der Waals surface area contributed by atoms with Gasteiger partial charge in [-0.3, -0.25) is 10.1 Å². The molecule has 0 aliphatic carbocycles. The summed E-state index contributed by atoms with van der Waals surface area (Å²) in [5, 5.41) is 8.31. The molecule has 0 atom stereocenters. The van der Waals surface area contributed by atoms with E-state index in [2.05, 4.69) is 37.3 Å². The molecule has 0 bridgehead atoms. The number of fused-ring (bicyclic) bond motifs is 2. The standard InChI is InChI=1S/C24H18FN7S/c1-32(2)15-9-14(11-26-12-15)13-3-4-18-17(10-13)22(31-30-18)24-28-21-16(7-8-27-23(21)29-24)19-5-6-20(25)33-19/h3-12H,1-2H3,(H,30,31)(H,27,28,29). The van der Waals surface area contributed by atoms with Gasteiger partial charge in [-0.05, 0) is 42.0 Å². The number of hydrogen-bond donors (Lipinski definition) is 2. The number of anilines is 1. The summed E-state index contributed by atoms with van der Waals surface area (Å²) < 4.78 is 13.6. The number of pyridine rings is 2. The lowest BCUT2D eigenvalue weighted by molar-refractivity contribution is 0.657. The Hall–Kier alpha value is -4.11. The van der Waals surface area contributed by atoms with Crippen molar-refractivity contribution >= 4 is 39.1 Å². The van der Waals surface area contributed by atoms with Gasteiger partial charge in [-0.1, -0.05) is 6.07 Å². The fourth-order valence-electron chi connectivity index (χ4n) is 3.88. The molecule has 0 aliphatic rings. The highest BCUT2D eigenvalue weighted by Crippen LogP contribution is 2.34. The van der Waals surface area contributed by atoms with E-state index in [0.717, 1.165) is 49.5 Å². The van der Waals surface area contributed by atoms with Gasteiger partial charge in [-0.25, -0.2) is 9.97 Å². The molecular weight excluding hydrogens is 437 g/mol. The highest BCUT2D eigenvalue weighted by molar-refractivity contribution is 7.14. The summed E-state index contributed by atoms with van der Waals surface area (Å²) in [6.07, 6.45) is 5.39. The van der Waals surface area contributed by atoms with Gasteiger partial charge < -0.3 is 9.88 Å². The van der Waals surface area contributed by atoms with Crippen molar-refractivity contribution in [3.05, 3.63) is 66.2 Å². The third kappa shape index (κ3) is 3.33. The Bertz CT molecular complexity index is 1630. The van der Waals surface area contributed by atoms with Crippen LogP contribution in [-0.4, -0.2) is 44.2 Å². The number of aromatic nitrogens is 6. The largest absolute Gasteiger partial charge is 0.376 e. The number of aromatic amines is 2. The molecule has 0 radical (unpaired) electrons. The lowest BCUT2D eigenvalue weighted by atomic mass is 10.0. The molecule has 6 aromatic rings. The molecule has 162 valence electrons. The van der Waals surface area contributed by atoms with Crippen molar-refractivity contribution < 1.29 is 4.39 Å². The number of nitrogens with one attached hydrogen (secondary N) is 2. The maximum absolute atomic E-state index is 13.6. The van der Waals surface area contributed by atoms with Crippen LogP contribution in [0.2, 0.25) is 0 Å². The van der Waals surface area contributed by atoms with Crippen LogP contribution < -0.4 is 4.90 Å². The molecule has 1 aromatic carbocycles. The van der Waals surface area contributed by atoms with Crippen molar-refractivity contribution in [1.29, 1.82) is 0 Å². The van der Waals surface area contributed by atoms with E-state index in [0.29, 0.717) is 22.7 Å². The SMILES string of the molecule is CN(C)c1cncc(-c2ccc3[nH]nc(-c4nc5c(-c6ccc(F)s6)ccnc5[nH]4)c3c2)c1. The molecule has 0 saturated heterocycles. The van der Waals surface area contributed by atoms with Crippen molar-refractivity contribution in [3.8, 4) is 33.1 Å². The molecular formula is C24H18FN7S. The number of H-pyrrole nitrogens is 2. The summed E-state index contributed by atoms with van der Waals surface area (Å²) in [6, 6.07) is 13.3. The van der Waals surface area contributed by atoms with Crippen LogP contribution >= 0.6 is 11.3 Å². The van der Waals surface area contributed by atoms with Gasteiger partial charge in [0, 0.05) is 47.9 Å². The Morgan fingerprint density at radius 3 is 2.73 bits per heavy atom. The summed E-state index contributed by atoms with van der Waals surface area (Å²) in [5.41, 5.74) is 6.83. The maximum Gasteiger partial charge on any atom is 0.176 e. The number of rotatable bonds is 4. The number of nitrogens with zero attached hydrogens (tertiary/aromatic N) is 5. The second kappa shape index (κ2) is 7.49. The van der Waals surface area contributed by atoms with Crippen LogP contribution in [0.1, 0.15) is 0 Å². The van der Waals surface area contributed by atoms with E-state index in [9.17, 15) is 4.39 Å². The number of halogens is 1. The van der Waals surface area contributed by atoms with Crippen molar-refractivity contribution in [2.24, 2.45) is 0 Å². The zero-order valence-electron chi connectivity index (χ0n) is 17.8. The highest BCUT2D eigenvalue weighted by Gasteiger charge is 2.17. The minimum atomic E-state index is -0.232. The molecule has 2 N–H and O–H groups in total. The van der Waals surface area contributed by atoms with E-state index in [-0.39, 0.29) is 5.13 Å². The number of imidazole rings is 1. The van der Waals surface area contributed by atoms with Crippen LogP contribution in [0, 0.1) is 5.13 Å². The van der Waals surface area contributed by atoms with Crippen LogP contribution in [0.3, 0.4) is 0 Å². The first-order valence-corrected chi connectivity index (χ1v) is 11.1. The van der Waals surface area contributed by atoms with E-state index in [1.54, 1.807) is 12.3 Å². The van der Waals surface area contributed by atoms with Gasteiger partial charge in [0.15, 0.2) is 16.6 Å². The second-order valence-electron chi connectivity index (χ2n) is 7.90. The van der Waals surface area contributed by atoms with Crippen molar-refractivity contribution in [3.63, 3.8) is 0 Å². The van der Waals surface area contributed by atoms with E-state index < -0.39 is 0 Å². The third-order valence-corrected chi connectivity index (χ3v) is 6.49. The molecule has 7 nitrogen and oxygen atoms in total. The lowest BCUT2D eigenvalue weighted by Crippen LogP contribution is -2.08. The summed E-state index contributed by atoms with van der Waals surface area (Å²) in [6.45, 7) is 0. The second-order valence-corrected chi connectivity index (χ2v) is 8.94. The Labute approximate surface area is 192 Å².